The summed E-state index contributed by atoms with van der Waals surface area (Å²) in [6.45, 7) is 1.95. The van der Waals surface area contributed by atoms with Crippen LogP contribution in [0.1, 0.15) is 28.8 Å². The lowest BCUT2D eigenvalue weighted by Crippen LogP contribution is -2.33. The van der Waals surface area contributed by atoms with E-state index >= 15 is 0 Å². The molecule has 0 atom stereocenters. The first-order chi connectivity index (χ1) is 14.0. The molecule has 2 aromatic heterocycles. The summed E-state index contributed by atoms with van der Waals surface area (Å²) in [5.74, 6) is -0.134. The number of carbonyl (C=O) groups is 2. The van der Waals surface area contributed by atoms with Gasteiger partial charge in [-0.25, -0.2) is 4.98 Å². The summed E-state index contributed by atoms with van der Waals surface area (Å²) in [5, 5.41) is 0.909. The van der Waals surface area contributed by atoms with Crippen molar-refractivity contribution in [1.29, 1.82) is 0 Å². The van der Waals surface area contributed by atoms with Crippen LogP contribution in [-0.2, 0) is 4.79 Å². The van der Waals surface area contributed by atoms with Gasteiger partial charge < -0.3 is 15.6 Å². The van der Waals surface area contributed by atoms with Crippen LogP contribution in [0.15, 0.2) is 48.8 Å². The lowest BCUT2D eigenvalue weighted by atomic mass is 9.88. The number of hydrogen-bond acceptors (Lipinski definition) is 4. The van der Waals surface area contributed by atoms with Crippen LogP contribution in [0.4, 0.5) is 0 Å². The lowest BCUT2D eigenvalue weighted by Gasteiger charge is -2.28. The van der Waals surface area contributed by atoms with Crippen LogP contribution in [0, 0.1) is 5.92 Å². The van der Waals surface area contributed by atoms with Gasteiger partial charge in [0.05, 0.1) is 0 Å². The van der Waals surface area contributed by atoms with E-state index in [4.69, 9.17) is 5.73 Å². The molecule has 148 valence electrons. The quantitative estimate of drug-likeness (QED) is 0.518. The van der Waals surface area contributed by atoms with Gasteiger partial charge >= 0.3 is 0 Å². The van der Waals surface area contributed by atoms with E-state index in [-0.39, 0.29) is 11.7 Å². The van der Waals surface area contributed by atoms with Crippen molar-refractivity contribution >= 4 is 28.8 Å². The molecule has 6 heteroatoms. The minimum Gasteiger partial charge on any atom is -0.366 e. The number of Topliss-reactive ketones (excluding diaryl/α,β-unsaturated/α-hetero) is 1. The van der Waals surface area contributed by atoms with E-state index in [1.807, 2.05) is 30.3 Å². The largest absolute Gasteiger partial charge is 0.366 e. The van der Waals surface area contributed by atoms with Crippen LogP contribution < -0.4 is 5.73 Å². The zero-order chi connectivity index (χ0) is 20.4. The number of hydrogen-bond donors (Lipinski definition) is 2. The first-order valence-electron chi connectivity index (χ1n) is 9.79. The molecule has 0 bridgehead atoms. The van der Waals surface area contributed by atoms with E-state index in [0.717, 1.165) is 59.2 Å². The van der Waals surface area contributed by atoms with Crippen molar-refractivity contribution in [3.8, 4) is 11.1 Å². The molecule has 1 aliphatic heterocycles. The molecule has 1 amide bonds. The molecule has 1 aliphatic rings. The van der Waals surface area contributed by atoms with Crippen molar-refractivity contribution in [3.05, 3.63) is 59.9 Å². The number of amides is 1. The van der Waals surface area contributed by atoms with Crippen molar-refractivity contribution < 1.29 is 9.59 Å². The average molecular weight is 388 g/mol. The van der Waals surface area contributed by atoms with Gasteiger partial charge in [0.25, 0.3) is 0 Å². The Morgan fingerprint density at radius 1 is 1.17 bits per heavy atom. The second-order valence-electron chi connectivity index (χ2n) is 7.62. The molecule has 0 unspecified atom stereocenters. The molecule has 0 saturated carbocycles. The van der Waals surface area contributed by atoms with Crippen molar-refractivity contribution in [1.82, 2.24) is 14.9 Å². The molecular weight excluding hydrogens is 364 g/mol. The molecule has 0 radical (unpaired) electrons. The Bertz CT molecular complexity index is 1070. The van der Waals surface area contributed by atoms with Gasteiger partial charge in [0.15, 0.2) is 5.78 Å². The predicted molar refractivity (Wildman–Crippen MR) is 114 cm³/mol. The van der Waals surface area contributed by atoms with Gasteiger partial charge in [-0.2, -0.15) is 0 Å². The number of ketones is 1. The number of carbonyl (C=O) groups excluding carboxylic acids is 2. The second-order valence-corrected chi connectivity index (χ2v) is 7.62. The minimum absolute atomic E-state index is 0.120. The summed E-state index contributed by atoms with van der Waals surface area (Å²) in [5.41, 5.74) is 9.49. The third-order valence-corrected chi connectivity index (χ3v) is 5.58. The van der Waals surface area contributed by atoms with Gasteiger partial charge in [0.1, 0.15) is 5.65 Å². The fraction of sp³-hybridized carbons (Fsp3) is 0.261. The summed E-state index contributed by atoms with van der Waals surface area (Å²) >= 11 is 0. The number of rotatable bonds is 5. The topological polar surface area (TPSA) is 92.1 Å². The van der Waals surface area contributed by atoms with E-state index in [2.05, 4.69) is 21.9 Å². The van der Waals surface area contributed by atoms with Crippen molar-refractivity contribution in [2.45, 2.75) is 12.8 Å². The molecule has 6 nitrogen and oxygen atoms in total. The highest BCUT2D eigenvalue weighted by atomic mass is 16.1. The summed E-state index contributed by atoms with van der Waals surface area (Å²) < 4.78 is 0. The van der Waals surface area contributed by atoms with Gasteiger partial charge in [-0.15, -0.1) is 0 Å². The van der Waals surface area contributed by atoms with Gasteiger partial charge in [0, 0.05) is 46.5 Å². The molecule has 0 aliphatic carbocycles. The molecular formula is C23H24N4O2. The highest BCUT2D eigenvalue weighted by Crippen LogP contribution is 2.27. The maximum Gasteiger partial charge on any atom is 0.241 e. The van der Waals surface area contributed by atoms with E-state index in [9.17, 15) is 9.59 Å². The highest BCUT2D eigenvalue weighted by Gasteiger charge is 2.24. The first-order valence-corrected chi connectivity index (χ1v) is 9.79. The summed E-state index contributed by atoms with van der Waals surface area (Å²) in [6.07, 6.45) is 8.45. The Balaban J connectivity index is 1.57. The van der Waals surface area contributed by atoms with Gasteiger partial charge in [0.2, 0.25) is 5.91 Å². The SMILES string of the molecule is CN1CCC(C(=O)c2ccc(-c3cnc4[nH]cc(/C=C/C(N)=O)c4c3)cc2)CC1. The Morgan fingerprint density at radius 3 is 2.59 bits per heavy atom. The number of primary amides is 1. The summed E-state index contributed by atoms with van der Waals surface area (Å²) in [6, 6.07) is 9.77. The number of nitrogens with zero attached hydrogens (tertiary/aromatic N) is 2. The first kappa shape index (κ1) is 19.1. The van der Waals surface area contributed by atoms with Crippen LogP contribution in [0.3, 0.4) is 0 Å². The fourth-order valence-electron chi connectivity index (χ4n) is 3.82. The Morgan fingerprint density at radius 2 is 1.90 bits per heavy atom. The van der Waals surface area contributed by atoms with Gasteiger partial charge in [-0.05, 0) is 50.7 Å². The van der Waals surface area contributed by atoms with Crippen LogP contribution in [-0.4, -0.2) is 46.7 Å². The molecule has 1 aromatic carbocycles. The van der Waals surface area contributed by atoms with Crippen LogP contribution >= 0.6 is 0 Å². The number of pyridine rings is 1. The van der Waals surface area contributed by atoms with Gasteiger partial charge in [-0.1, -0.05) is 24.3 Å². The van der Waals surface area contributed by atoms with Crippen molar-refractivity contribution in [2.75, 3.05) is 20.1 Å². The molecule has 3 heterocycles. The number of nitrogens with two attached hydrogens (primary N) is 1. The van der Waals surface area contributed by atoms with Crippen molar-refractivity contribution in [2.24, 2.45) is 11.7 Å². The second kappa shape index (κ2) is 8.01. The van der Waals surface area contributed by atoms with Crippen LogP contribution in [0.25, 0.3) is 28.2 Å². The van der Waals surface area contributed by atoms with Crippen LogP contribution in [0.2, 0.25) is 0 Å². The Kier molecular flexibility index (Phi) is 5.27. The predicted octanol–water partition coefficient (Wildman–Crippen LogP) is 3.25. The third kappa shape index (κ3) is 4.12. The maximum atomic E-state index is 12.8. The molecule has 4 rings (SSSR count). The Labute approximate surface area is 169 Å². The number of aromatic nitrogens is 2. The van der Waals surface area contributed by atoms with Gasteiger partial charge in [-0.3, -0.25) is 9.59 Å². The zero-order valence-corrected chi connectivity index (χ0v) is 16.4. The number of fused-ring (bicyclic) bond motifs is 1. The number of aromatic amines is 1. The van der Waals surface area contributed by atoms with Crippen molar-refractivity contribution in [3.63, 3.8) is 0 Å². The highest BCUT2D eigenvalue weighted by molar-refractivity contribution is 5.99. The fourth-order valence-corrected chi connectivity index (χ4v) is 3.82. The molecule has 3 aromatic rings. The molecule has 1 saturated heterocycles. The molecule has 3 N–H and O–H groups in total. The number of H-pyrrole nitrogens is 1. The summed E-state index contributed by atoms with van der Waals surface area (Å²) in [7, 11) is 2.10. The molecule has 1 fully saturated rings. The normalized spacial score (nSPS) is 15.9. The number of piperidine rings is 1. The monoisotopic (exact) mass is 388 g/mol. The van der Waals surface area contributed by atoms with Crippen LogP contribution in [0.5, 0.6) is 0 Å². The standard InChI is InChI=1S/C23H24N4O2/c1-27-10-8-17(9-11-27)22(29)16-4-2-15(3-5-16)19-12-20-18(6-7-21(24)28)13-25-23(20)26-14-19/h2-7,12-14,17H,8-11H2,1H3,(H2,24,28)(H,25,26)/b7-6+. The number of likely N-dealkylation sites (tertiary alicyclic amines) is 1. The van der Waals surface area contributed by atoms with E-state index in [0.29, 0.717) is 0 Å². The van der Waals surface area contributed by atoms with E-state index in [1.165, 1.54) is 6.08 Å². The van der Waals surface area contributed by atoms with E-state index in [1.54, 1.807) is 18.5 Å². The number of nitrogens with one attached hydrogen (secondary N) is 1. The Hall–Kier alpha value is -3.25. The smallest absolute Gasteiger partial charge is 0.241 e. The molecule has 0 spiro atoms. The number of benzene rings is 1. The summed E-state index contributed by atoms with van der Waals surface area (Å²) in [4.78, 5) is 33.6. The molecule has 29 heavy (non-hydrogen) atoms. The maximum absolute atomic E-state index is 12.8. The van der Waals surface area contributed by atoms with E-state index < -0.39 is 5.91 Å². The lowest BCUT2D eigenvalue weighted by molar-refractivity contribution is -0.113. The average Bonchev–Trinajstić information content (AvgIpc) is 3.14. The zero-order valence-electron chi connectivity index (χ0n) is 16.4. The third-order valence-electron chi connectivity index (χ3n) is 5.58. The minimum atomic E-state index is -0.492.